The zero-order chi connectivity index (χ0) is 10.3. The molecule has 0 spiro atoms. The Hall–Kier alpha value is -0.450. The molecule has 2 aliphatic heterocycles. The highest BCUT2D eigenvalue weighted by Crippen LogP contribution is 2.34. The highest BCUT2D eigenvalue weighted by Gasteiger charge is 2.26. The molecule has 3 nitrogen and oxygen atoms in total. The van der Waals surface area contributed by atoms with E-state index in [1.54, 1.807) is 0 Å². The minimum atomic E-state index is 0.592. The molecule has 1 saturated heterocycles. The molecule has 0 amide bonds. The number of nitrogens with one attached hydrogen (secondary N) is 1. The molecule has 0 bridgehead atoms. The maximum atomic E-state index is 4.78. The second kappa shape index (κ2) is 3.85. The molecule has 0 aromatic carbocycles. The number of likely N-dealkylation sites (tertiary alicyclic amines) is 1. The van der Waals surface area contributed by atoms with Crippen LogP contribution in [-0.2, 0) is 13.1 Å². The number of rotatable bonds is 1. The van der Waals surface area contributed by atoms with Gasteiger partial charge in [-0.3, -0.25) is 4.90 Å². The number of hydrogen-bond donors (Lipinski definition) is 1. The van der Waals surface area contributed by atoms with E-state index >= 15 is 0 Å². The van der Waals surface area contributed by atoms with Gasteiger partial charge in [-0.15, -0.1) is 11.3 Å². The Kier molecular flexibility index (Phi) is 2.50. The molecule has 82 valence electrons. The molecule has 0 aliphatic carbocycles. The monoisotopic (exact) mass is 223 g/mol. The maximum absolute atomic E-state index is 4.78. The Morgan fingerprint density at radius 2 is 2.33 bits per heavy atom. The summed E-state index contributed by atoms with van der Waals surface area (Å²) >= 11 is 1.92. The summed E-state index contributed by atoms with van der Waals surface area (Å²) in [6, 6.07) is 0.592. The second-order valence-corrected chi connectivity index (χ2v) is 5.63. The van der Waals surface area contributed by atoms with E-state index in [4.69, 9.17) is 4.98 Å². The number of thiazole rings is 1. The molecule has 0 saturated carbocycles. The summed E-state index contributed by atoms with van der Waals surface area (Å²) in [6.45, 7) is 3.23. The number of fused-ring (bicyclic) bond motifs is 1. The van der Waals surface area contributed by atoms with Gasteiger partial charge in [-0.05, 0) is 26.4 Å². The average molecular weight is 223 g/mol. The van der Waals surface area contributed by atoms with Crippen LogP contribution in [0.2, 0.25) is 0 Å². The maximum Gasteiger partial charge on any atom is 0.110 e. The smallest absolute Gasteiger partial charge is 0.110 e. The lowest BCUT2D eigenvalue weighted by molar-refractivity contribution is 0.187. The molecular weight excluding hydrogens is 206 g/mol. The van der Waals surface area contributed by atoms with Crippen LogP contribution in [0, 0.1) is 0 Å². The first-order valence-corrected chi connectivity index (χ1v) is 6.55. The average Bonchev–Trinajstić information content (AvgIpc) is 2.77. The molecule has 3 rings (SSSR count). The summed E-state index contributed by atoms with van der Waals surface area (Å²) in [5.74, 6) is 0. The van der Waals surface area contributed by atoms with Gasteiger partial charge in [-0.1, -0.05) is 6.42 Å². The Morgan fingerprint density at radius 1 is 1.40 bits per heavy atom. The van der Waals surface area contributed by atoms with Gasteiger partial charge in [0.2, 0.25) is 0 Å². The molecule has 15 heavy (non-hydrogen) atoms. The summed E-state index contributed by atoms with van der Waals surface area (Å²) in [6.07, 6.45) is 3.99. The van der Waals surface area contributed by atoms with Crippen molar-refractivity contribution in [3.05, 3.63) is 15.6 Å². The molecule has 1 fully saturated rings. The Labute approximate surface area is 94.5 Å². The highest BCUT2D eigenvalue weighted by molar-refractivity contribution is 7.11. The molecule has 4 heteroatoms. The van der Waals surface area contributed by atoms with Crippen molar-refractivity contribution in [3.63, 3.8) is 0 Å². The van der Waals surface area contributed by atoms with Crippen LogP contribution in [0.3, 0.4) is 0 Å². The molecule has 0 radical (unpaired) electrons. The van der Waals surface area contributed by atoms with E-state index in [0.717, 1.165) is 13.1 Å². The number of piperidine rings is 1. The number of nitrogens with zero attached hydrogens (tertiary/aromatic N) is 2. The van der Waals surface area contributed by atoms with Crippen molar-refractivity contribution in [2.75, 3.05) is 13.6 Å². The van der Waals surface area contributed by atoms with E-state index in [0.29, 0.717) is 6.04 Å². The fourth-order valence-corrected chi connectivity index (χ4v) is 3.76. The minimum absolute atomic E-state index is 0.592. The Balaban J connectivity index is 1.85. The Morgan fingerprint density at radius 3 is 3.13 bits per heavy atom. The van der Waals surface area contributed by atoms with Gasteiger partial charge in [-0.25, -0.2) is 4.98 Å². The van der Waals surface area contributed by atoms with Gasteiger partial charge in [0.1, 0.15) is 5.01 Å². The molecule has 3 heterocycles. The van der Waals surface area contributed by atoms with E-state index < -0.39 is 0 Å². The second-order valence-electron chi connectivity index (χ2n) is 4.52. The summed E-state index contributed by atoms with van der Waals surface area (Å²) < 4.78 is 0. The van der Waals surface area contributed by atoms with E-state index in [2.05, 4.69) is 17.3 Å². The third kappa shape index (κ3) is 1.71. The van der Waals surface area contributed by atoms with Crippen LogP contribution in [-0.4, -0.2) is 23.5 Å². The molecule has 2 aliphatic rings. The van der Waals surface area contributed by atoms with E-state index in [9.17, 15) is 0 Å². The summed E-state index contributed by atoms with van der Waals surface area (Å²) in [7, 11) is 2.23. The van der Waals surface area contributed by atoms with Gasteiger partial charge in [0.05, 0.1) is 11.7 Å². The molecule has 1 unspecified atom stereocenters. The van der Waals surface area contributed by atoms with Crippen LogP contribution < -0.4 is 5.32 Å². The topological polar surface area (TPSA) is 28.2 Å². The van der Waals surface area contributed by atoms with Crippen LogP contribution in [0.15, 0.2) is 0 Å². The van der Waals surface area contributed by atoms with Crippen molar-refractivity contribution < 1.29 is 0 Å². The van der Waals surface area contributed by atoms with Crippen LogP contribution in [0.5, 0.6) is 0 Å². The van der Waals surface area contributed by atoms with Crippen molar-refractivity contribution in [1.82, 2.24) is 15.2 Å². The third-order valence-electron chi connectivity index (χ3n) is 3.43. The molecule has 1 atom stereocenters. The molecule has 1 aromatic heterocycles. The van der Waals surface area contributed by atoms with Crippen LogP contribution in [0.4, 0.5) is 0 Å². The van der Waals surface area contributed by atoms with E-state index in [1.807, 2.05) is 11.3 Å². The molecule has 1 aromatic rings. The third-order valence-corrected chi connectivity index (χ3v) is 4.63. The lowest BCUT2D eigenvalue weighted by Gasteiger charge is -2.30. The zero-order valence-electron chi connectivity index (χ0n) is 9.12. The van der Waals surface area contributed by atoms with Gasteiger partial charge in [0.25, 0.3) is 0 Å². The normalized spacial score (nSPS) is 26.9. The standard InChI is InChI=1S/C11H17N3S/c1-14-5-3-2-4-9(14)11-13-8-6-12-7-10(8)15-11/h9,12H,2-7H2,1H3. The van der Waals surface area contributed by atoms with Gasteiger partial charge in [-0.2, -0.15) is 0 Å². The van der Waals surface area contributed by atoms with Crippen LogP contribution in [0.1, 0.15) is 40.9 Å². The van der Waals surface area contributed by atoms with Crippen molar-refractivity contribution >= 4 is 11.3 Å². The van der Waals surface area contributed by atoms with Gasteiger partial charge in [0, 0.05) is 18.0 Å². The fourth-order valence-electron chi connectivity index (χ4n) is 2.50. The number of hydrogen-bond acceptors (Lipinski definition) is 4. The van der Waals surface area contributed by atoms with Gasteiger partial charge < -0.3 is 5.32 Å². The first-order valence-electron chi connectivity index (χ1n) is 5.74. The van der Waals surface area contributed by atoms with E-state index in [-0.39, 0.29) is 0 Å². The predicted molar refractivity (Wildman–Crippen MR) is 61.9 cm³/mol. The first kappa shape index (κ1) is 9.75. The highest BCUT2D eigenvalue weighted by atomic mass is 32.1. The first-order chi connectivity index (χ1) is 7.34. The largest absolute Gasteiger partial charge is 0.306 e. The number of aromatic nitrogens is 1. The quantitative estimate of drug-likeness (QED) is 0.788. The summed E-state index contributed by atoms with van der Waals surface area (Å²) in [5, 5.41) is 4.69. The summed E-state index contributed by atoms with van der Waals surface area (Å²) in [5.41, 5.74) is 1.30. The zero-order valence-corrected chi connectivity index (χ0v) is 9.94. The fraction of sp³-hybridized carbons (Fsp3) is 0.727. The SMILES string of the molecule is CN1CCCCC1c1nc2c(s1)CNC2. The van der Waals surface area contributed by atoms with Gasteiger partial charge >= 0.3 is 0 Å². The van der Waals surface area contributed by atoms with Crippen LogP contribution in [0.25, 0.3) is 0 Å². The van der Waals surface area contributed by atoms with Crippen molar-refractivity contribution in [2.45, 2.75) is 38.4 Å². The van der Waals surface area contributed by atoms with Gasteiger partial charge in [0.15, 0.2) is 0 Å². The van der Waals surface area contributed by atoms with E-state index in [1.165, 1.54) is 41.4 Å². The van der Waals surface area contributed by atoms with Crippen LogP contribution >= 0.6 is 11.3 Å². The lowest BCUT2D eigenvalue weighted by Crippen LogP contribution is -2.29. The molecule has 1 N–H and O–H groups in total. The summed E-state index contributed by atoms with van der Waals surface area (Å²) in [4.78, 5) is 8.70. The molecular formula is C11H17N3S. The van der Waals surface area contributed by atoms with Crippen molar-refractivity contribution in [1.29, 1.82) is 0 Å². The lowest BCUT2D eigenvalue weighted by atomic mass is 10.0. The van der Waals surface area contributed by atoms with Crippen molar-refractivity contribution in [2.24, 2.45) is 0 Å². The van der Waals surface area contributed by atoms with Crippen molar-refractivity contribution in [3.8, 4) is 0 Å². The predicted octanol–water partition coefficient (Wildman–Crippen LogP) is 1.90. The Bertz CT molecular complexity index is 339. The minimum Gasteiger partial charge on any atom is -0.306 e.